The molecule has 14 heavy (non-hydrogen) atoms. The molecule has 1 rings (SSSR count). The van der Waals surface area contributed by atoms with Gasteiger partial charge in [-0.15, -0.1) is 0 Å². The number of nitrogens with two attached hydrogens (primary N) is 1. The van der Waals surface area contributed by atoms with Crippen LogP contribution in [0, 0.1) is 12.8 Å². The maximum absolute atomic E-state index is 9.48. The van der Waals surface area contributed by atoms with Crippen LogP contribution in [-0.2, 0) is 0 Å². The molecular formula is C12H19NO. The second-order valence-corrected chi connectivity index (χ2v) is 4.19. The highest BCUT2D eigenvalue weighted by Crippen LogP contribution is 2.27. The predicted octanol–water partition coefficient (Wildman–Crippen LogP) is 2.40. The van der Waals surface area contributed by atoms with Crippen LogP contribution in [0.25, 0.3) is 0 Å². The molecule has 0 fully saturated rings. The molecule has 1 unspecified atom stereocenters. The number of rotatable bonds is 3. The Morgan fingerprint density at radius 3 is 2.36 bits per heavy atom. The van der Waals surface area contributed by atoms with Crippen molar-refractivity contribution in [2.75, 3.05) is 6.54 Å². The highest BCUT2D eigenvalue weighted by Gasteiger charge is 2.14. The van der Waals surface area contributed by atoms with E-state index in [1.54, 1.807) is 6.07 Å². The molecule has 0 aromatic heterocycles. The Balaban J connectivity index is 3.04. The Morgan fingerprint density at radius 1 is 1.29 bits per heavy atom. The molecule has 0 saturated carbocycles. The first kappa shape index (κ1) is 11.1. The van der Waals surface area contributed by atoms with Crippen molar-refractivity contribution in [3.8, 4) is 5.75 Å². The Labute approximate surface area is 85.8 Å². The summed E-state index contributed by atoms with van der Waals surface area (Å²) >= 11 is 0. The minimum Gasteiger partial charge on any atom is -0.508 e. The third kappa shape index (κ3) is 2.48. The molecule has 0 aliphatic carbocycles. The van der Waals surface area contributed by atoms with Gasteiger partial charge in [-0.05, 0) is 48.6 Å². The fraction of sp³-hybridized carbons (Fsp3) is 0.500. The lowest BCUT2D eigenvalue weighted by molar-refractivity contribution is 0.467. The summed E-state index contributed by atoms with van der Waals surface area (Å²) in [7, 11) is 0. The van der Waals surface area contributed by atoms with Gasteiger partial charge in [0.1, 0.15) is 5.75 Å². The number of phenolic OH excluding ortho intramolecular Hbond substituents is 1. The van der Waals surface area contributed by atoms with Crippen molar-refractivity contribution in [3.05, 3.63) is 29.3 Å². The molecule has 78 valence electrons. The molecule has 0 saturated heterocycles. The van der Waals surface area contributed by atoms with Crippen LogP contribution in [0.4, 0.5) is 0 Å². The SMILES string of the molecule is Cc1cc(O)cc(C(CN)C(C)C)c1. The zero-order chi connectivity index (χ0) is 10.7. The third-order valence-electron chi connectivity index (χ3n) is 2.57. The van der Waals surface area contributed by atoms with Crippen LogP contribution in [0.5, 0.6) is 5.75 Å². The van der Waals surface area contributed by atoms with Crippen LogP contribution in [0.1, 0.15) is 30.9 Å². The molecule has 2 nitrogen and oxygen atoms in total. The molecular weight excluding hydrogens is 174 g/mol. The number of hydrogen-bond acceptors (Lipinski definition) is 2. The first-order valence-electron chi connectivity index (χ1n) is 5.05. The number of phenols is 1. The topological polar surface area (TPSA) is 46.2 Å². The largest absolute Gasteiger partial charge is 0.508 e. The molecule has 0 aliphatic heterocycles. The lowest BCUT2D eigenvalue weighted by Crippen LogP contribution is -2.17. The van der Waals surface area contributed by atoms with Gasteiger partial charge < -0.3 is 10.8 Å². The summed E-state index contributed by atoms with van der Waals surface area (Å²) in [5, 5.41) is 9.48. The fourth-order valence-corrected chi connectivity index (χ4v) is 1.80. The normalized spacial score (nSPS) is 13.2. The van der Waals surface area contributed by atoms with E-state index < -0.39 is 0 Å². The Hall–Kier alpha value is -1.02. The van der Waals surface area contributed by atoms with Gasteiger partial charge in [-0.3, -0.25) is 0 Å². The molecule has 0 heterocycles. The standard InChI is InChI=1S/C12H19NO/c1-8(2)12(7-13)10-4-9(3)5-11(14)6-10/h4-6,8,12,14H,7,13H2,1-3H3. The average Bonchev–Trinajstić information content (AvgIpc) is 2.02. The van der Waals surface area contributed by atoms with Gasteiger partial charge in [0.2, 0.25) is 0 Å². The first-order valence-corrected chi connectivity index (χ1v) is 5.05. The number of aryl methyl sites for hydroxylation is 1. The molecule has 0 spiro atoms. The number of benzene rings is 1. The second-order valence-electron chi connectivity index (χ2n) is 4.19. The van der Waals surface area contributed by atoms with Crippen LogP contribution in [0.15, 0.2) is 18.2 Å². The van der Waals surface area contributed by atoms with Crippen LogP contribution >= 0.6 is 0 Å². The van der Waals surface area contributed by atoms with Crippen molar-refractivity contribution in [1.29, 1.82) is 0 Å². The predicted molar refractivity (Wildman–Crippen MR) is 59.5 cm³/mol. The van der Waals surface area contributed by atoms with E-state index in [0.717, 1.165) is 11.1 Å². The van der Waals surface area contributed by atoms with E-state index >= 15 is 0 Å². The van der Waals surface area contributed by atoms with Gasteiger partial charge in [-0.25, -0.2) is 0 Å². The van der Waals surface area contributed by atoms with E-state index in [-0.39, 0.29) is 0 Å². The molecule has 1 aromatic rings. The smallest absolute Gasteiger partial charge is 0.116 e. The minimum atomic E-state index is 0.332. The van der Waals surface area contributed by atoms with Crippen molar-refractivity contribution < 1.29 is 5.11 Å². The summed E-state index contributed by atoms with van der Waals surface area (Å²) in [4.78, 5) is 0. The monoisotopic (exact) mass is 193 g/mol. The first-order chi connectivity index (χ1) is 6.54. The number of hydrogen-bond donors (Lipinski definition) is 2. The second kappa shape index (κ2) is 4.47. The van der Waals surface area contributed by atoms with Gasteiger partial charge in [-0.2, -0.15) is 0 Å². The summed E-state index contributed by atoms with van der Waals surface area (Å²) in [6, 6.07) is 5.67. The van der Waals surface area contributed by atoms with Gasteiger partial charge >= 0.3 is 0 Å². The lowest BCUT2D eigenvalue weighted by atomic mass is 9.88. The molecule has 3 N–H and O–H groups in total. The van der Waals surface area contributed by atoms with Crippen molar-refractivity contribution >= 4 is 0 Å². The van der Waals surface area contributed by atoms with Crippen molar-refractivity contribution in [1.82, 2.24) is 0 Å². The summed E-state index contributed by atoms with van der Waals surface area (Å²) in [5.41, 5.74) is 7.95. The molecule has 0 amide bonds. The number of aromatic hydroxyl groups is 1. The van der Waals surface area contributed by atoms with Crippen molar-refractivity contribution in [3.63, 3.8) is 0 Å². The quantitative estimate of drug-likeness (QED) is 0.774. The lowest BCUT2D eigenvalue weighted by Gasteiger charge is -2.19. The van der Waals surface area contributed by atoms with E-state index in [4.69, 9.17) is 5.73 Å². The van der Waals surface area contributed by atoms with E-state index in [1.165, 1.54) is 0 Å². The van der Waals surface area contributed by atoms with E-state index in [1.807, 2.05) is 13.0 Å². The van der Waals surface area contributed by atoms with Gasteiger partial charge in [0.15, 0.2) is 0 Å². The molecule has 0 aliphatic rings. The summed E-state index contributed by atoms with van der Waals surface area (Å²) in [5.74, 6) is 1.17. The fourth-order valence-electron chi connectivity index (χ4n) is 1.80. The van der Waals surface area contributed by atoms with Crippen LogP contribution in [0.3, 0.4) is 0 Å². The zero-order valence-electron chi connectivity index (χ0n) is 9.12. The van der Waals surface area contributed by atoms with Crippen LogP contribution in [0.2, 0.25) is 0 Å². The van der Waals surface area contributed by atoms with Gasteiger partial charge in [-0.1, -0.05) is 19.9 Å². The summed E-state index contributed by atoms with van der Waals surface area (Å²) in [6.07, 6.45) is 0. The van der Waals surface area contributed by atoms with Crippen molar-refractivity contribution in [2.24, 2.45) is 11.7 Å². The summed E-state index contributed by atoms with van der Waals surface area (Å²) in [6.45, 7) is 6.91. The van der Waals surface area contributed by atoms with E-state index in [0.29, 0.717) is 24.1 Å². The average molecular weight is 193 g/mol. The maximum atomic E-state index is 9.48. The van der Waals surface area contributed by atoms with Gasteiger partial charge in [0.05, 0.1) is 0 Å². The third-order valence-corrected chi connectivity index (χ3v) is 2.57. The molecule has 1 atom stereocenters. The van der Waals surface area contributed by atoms with Crippen LogP contribution in [-0.4, -0.2) is 11.7 Å². The van der Waals surface area contributed by atoms with Crippen LogP contribution < -0.4 is 5.73 Å². The molecule has 0 bridgehead atoms. The molecule has 0 radical (unpaired) electrons. The Morgan fingerprint density at radius 2 is 1.93 bits per heavy atom. The van der Waals surface area contributed by atoms with E-state index in [9.17, 15) is 5.11 Å². The Bertz CT molecular complexity index is 287. The highest BCUT2D eigenvalue weighted by molar-refractivity contribution is 5.35. The molecule has 1 aromatic carbocycles. The van der Waals surface area contributed by atoms with E-state index in [2.05, 4.69) is 19.9 Å². The van der Waals surface area contributed by atoms with Crippen molar-refractivity contribution in [2.45, 2.75) is 26.7 Å². The highest BCUT2D eigenvalue weighted by atomic mass is 16.3. The van der Waals surface area contributed by atoms with Gasteiger partial charge in [0, 0.05) is 0 Å². The Kier molecular flexibility index (Phi) is 3.53. The summed E-state index contributed by atoms with van der Waals surface area (Å²) < 4.78 is 0. The minimum absolute atomic E-state index is 0.332. The maximum Gasteiger partial charge on any atom is 0.116 e. The van der Waals surface area contributed by atoms with Gasteiger partial charge in [0.25, 0.3) is 0 Å². The molecule has 2 heteroatoms. The zero-order valence-corrected chi connectivity index (χ0v) is 9.12.